The maximum absolute atomic E-state index is 4.95. The molecule has 2 aromatic carbocycles. The van der Waals surface area contributed by atoms with Gasteiger partial charge in [0.05, 0.1) is 11.2 Å². The van der Waals surface area contributed by atoms with Gasteiger partial charge in [0.15, 0.2) is 0 Å². The lowest BCUT2D eigenvalue weighted by atomic mass is 9.77. The predicted molar refractivity (Wildman–Crippen MR) is 105 cm³/mol. The minimum Gasteiger partial charge on any atom is -0.248 e. The summed E-state index contributed by atoms with van der Waals surface area (Å²) in [5.41, 5.74) is 8.03. The Hall–Kier alpha value is -2.15. The van der Waals surface area contributed by atoms with Crippen molar-refractivity contribution in [3.8, 4) is 11.3 Å². The van der Waals surface area contributed by atoms with Gasteiger partial charge in [-0.1, -0.05) is 29.3 Å². The van der Waals surface area contributed by atoms with Crippen molar-refractivity contribution in [3.63, 3.8) is 0 Å². The number of benzene rings is 2. The highest BCUT2D eigenvalue weighted by atomic mass is 14.7. The van der Waals surface area contributed by atoms with Crippen molar-refractivity contribution < 1.29 is 0 Å². The van der Waals surface area contributed by atoms with Crippen LogP contribution >= 0.6 is 0 Å². The van der Waals surface area contributed by atoms with Crippen molar-refractivity contribution in [1.29, 1.82) is 0 Å². The molecule has 0 saturated heterocycles. The van der Waals surface area contributed by atoms with Gasteiger partial charge in [-0.3, -0.25) is 0 Å². The molecule has 1 heteroatoms. The van der Waals surface area contributed by atoms with Gasteiger partial charge in [0.25, 0.3) is 0 Å². The Balaban J connectivity index is 1.56. The maximum atomic E-state index is 4.95. The number of fused-ring (bicyclic) bond motifs is 3. The molecule has 1 nitrogen and oxygen atoms in total. The van der Waals surface area contributed by atoms with Gasteiger partial charge >= 0.3 is 0 Å². The van der Waals surface area contributed by atoms with Crippen LogP contribution < -0.4 is 0 Å². The fourth-order valence-electron chi connectivity index (χ4n) is 5.34. The van der Waals surface area contributed by atoms with Crippen molar-refractivity contribution in [2.45, 2.75) is 51.4 Å². The van der Waals surface area contributed by atoms with Gasteiger partial charge in [-0.15, -0.1) is 0 Å². The van der Waals surface area contributed by atoms with Crippen LogP contribution in [0, 0.1) is 19.8 Å². The number of aryl methyl sites for hydroxylation is 2. The zero-order chi connectivity index (χ0) is 17.0. The molecule has 1 aromatic heterocycles. The van der Waals surface area contributed by atoms with E-state index in [-0.39, 0.29) is 0 Å². The van der Waals surface area contributed by atoms with Gasteiger partial charge in [-0.2, -0.15) is 0 Å². The first-order chi connectivity index (χ1) is 12.1. The average Bonchev–Trinajstić information content (AvgIpc) is 3.22. The van der Waals surface area contributed by atoms with Crippen LogP contribution in [0.3, 0.4) is 0 Å². The van der Waals surface area contributed by atoms with Crippen LogP contribution in [-0.4, -0.2) is 4.98 Å². The second-order valence-corrected chi connectivity index (χ2v) is 8.41. The number of hydrogen-bond acceptors (Lipinski definition) is 1. The van der Waals surface area contributed by atoms with Crippen LogP contribution in [0.2, 0.25) is 0 Å². The molecule has 2 aliphatic rings. The lowest BCUT2D eigenvalue weighted by molar-refractivity contribution is 0.419. The van der Waals surface area contributed by atoms with Crippen LogP contribution in [0.15, 0.2) is 48.5 Å². The molecular weight excluding hydrogens is 302 g/mol. The second-order valence-electron chi connectivity index (χ2n) is 8.41. The van der Waals surface area contributed by atoms with Gasteiger partial charge in [0, 0.05) is 10.9 Å². The molecule has 0 unspecified atom stereocenters. The summed E-state index contributed by atoms with van der Waals surface area (Å²) in [5.74, 6) is 0.987. The van der Waals surface area contributed by atoms with E-state index >= 15 is 0 Å². The van der Waals surface area contributed by atoms with Crippen molar-refractivity contribution >= 4 is 10.9 Å². The van der Waals surface area contributed by atoms with Crippen molar-refractivity contribution in [2.75, 3.05) is 0 Å². The van der Waals surface area contributed by atoms with Crippen LogP contribution in [0.25, 0.3) is 22.2 Å². The molecule has 5 rings (SSSR count). The molecular formula is C24H25N. The van der Waals surface area contributed by atoms with E-state index in [9.17, 15) is 0 Å². The Labute approximate surface area is 150 Å². The summed E-state index contributed by atoms with van der Waals surface area (Å²) in [6.45, 7) is 4.30. The normalized spacial score (nSPS) is 25.0. The summed E-state index contributed by atoms with van der Waals surface area (Å²) in [7, 11) is 0. The predicted octanol–water partition coefficient (Wildman–Crippen LogP) is 6.35. The molecule has 0 atom stereocenters. The summed E-state index contributed by atoms with van der Waals surface area (Å²) in [4.78, 5) is 4.95. The molecule has 3 aromatic rings. The SMILES string of the molecule is Cc1cc(C)cc(-c2ccc3cc(C45CCC(CC4)C5)ccc3n2)c1. The van der Waals surface area contributed by atoms with E-state index in [0.29, 0.717) is 5.41 Å². The number of aromatic nitrogens is 1. The van der Waals surface area contributed by atoms with Gasteiger partial charge in [-0.05, 0) is 93.2 Å². The minimum atomic E-state index is 0.477. The van der Waals surface area contributed by atoms with E-state index in [0.717, 1.165) is 17.1 Å². The first-order valence-electron chi connectivity index (χ1n) is 9.61. The Morgan fingerprint density at radius 1 is 0.880 bits per heavy atom. The molecule has 1 heterocycles. The summed E-state index contributed by atoms with van der Waals surface area (Å²) < 4.78 is 0. The summed E-state index contributed by atoms with van der Waals surface area (Å²) >= 11 is 0. The standard InChI is InChI=1S/C24H25N/c1-16-11-17(2)13-20(12-16)23-5-3-19-14-21(4-6-22(19)25-23)24-9-7-18(15-24)8-10-24/h3-6,11-14,18H,7-10,15H2,1-2H3. The van der Waals surface area contributed by atoms with Gasteiger partial charge < -0.3 is 0 Å². The Morgan fingerprint density at radius 2 is 1.64 bits per heavy atom. The number of rotatable bonds is 2. The molecule has 126 valence electrons. The average molecular weight is 327 g/mol. The quantitative estimate of drug-likeness (QED) is 0.534. The maximum Gasteiger partial charge on any atom is 0.0709 e. The summed E-state index contributed by atoms with van der Waals surface area (Å²) in [6.07, 6.45) is 7.05. The van der Waals surface area contributed by atoms with Crippen molar-refractivity contribution in [1.82, 2.24) is 4.98 Å². The molecule has 0 spiro atoms. The third-order valence-electron chi connectivity index (χ3n) is 6.56. The number of pyridine rings is 1. The highest BCUT2D eigenvalue weighted by Crippen LogP contribution is 2.55. The first-order valence-corrected chi connectivity index (χ1v) is 9.61. The third-order valence-corrected chi connectivity index (χ3v) is 6.56. The van der Waals surface area contributed by atoms with Crippen molar-refractivity contribution in [2.24, 2.45) is 5.92 Å². The molecule has 0 aliphatic heterocycles. The Morgan fingerprint density at radius 3 is 2.32 bits per heavy atom. The van der Waals surface area contributed by atoms with Crippen LogP contribution in [-0.2, 0) is 5.41 Å². The van der Waals surface area contributed by atoms with E-state index in [1.54, 1.807) is 5.56 Å². The smallest absolute Gasteiger partial charge is 0.0709 e. The van der Waals surface area contributed by atoms with E-state index in [2.05, 4.69) is 62.4 Å². The van der Waals surface area contributed by atoms with Crippen LogP contribution in [0.1, 0.15) is 48.8 Å². The largest absolute Gasteiger partial charge is 0.248 e. The highest BCUT2D eigenvalue weighted by molar-refractivity contribution is 5.82. The summed E-state index contributed by atoms with van der Waals surface area (Å²) in [5, 5.41) is 1.29. The molecule has 2 fully saturated rings. The van der Waals surface area contributed by atoms with Crippen LogP contribution in [0.4, 0.5) is 0 Å². The summed E-state index contributed by atoms with van der Waals surface area (Å²) in [6, 6.07) is 18.1. The van der Waals surface area contributed by atoms with E-state index in [1.165, 1.54) is 54.2 Å². The lowest BCUT2D eigenvalue weighted by Gasteiger charge is -2.27. The van der Waals surface area contributed by atoms with Crippen LogP contribution in [0.5, 0.6) is 0 Å². The fraction of sp³-hybridized carbons (Fsp3) is 0.375. The molecule has 0 N–H and O–H groups in total. The molecule has 2 saturated carbocycles. The molecule has 25 heavy (non-hydrogen) atoms. The molecule has 2 aliphatic carbocycles. The van der Waals surface area contributed by atoms with Crippen molar-refractivity contribution in [3.05, 3.63) is 65.2 Å². The fourth-order valence-corrected chi connectivity index (χ4v) is 5.34. The number of nitrogens with zero attached hydrogens (tertiary/aromatic N) is 1. The lowest BCUT2D eigenvalue weighted by Crippen LogP contribution is -2.19. The topological polar surface area (TPSA) is 12.9 Å². The van der Waals surface area contributed by atoms with E-state index < -0.39 is 0 Å². The molecule has 2 bridgehead atoms. The Kier molecular flexibility index (Phi) is 3.28. The monoisotopic (exact) mass is 327 g/mol. The minimum absolute atomic E-state index is 0.477. The zero-order valence-corrected chi connectivity index (χ0v) is 15.2. The Bertz CT molecular complexity index is 941. The number of hydrogen-bond donors (Lipinski definition) is 0. The van der Waals surface area contributed by atoms with E-state index in [1.807, 2.05) is 0 Å². The van der Waals surface area contributed by atoms with Gasteiger partial charge in [0.2, 0.25) is 0 Å². The zero-order valence-electron chi connectivity index (χ0n) is 15.2. The second kappa shape index (κ2) is 5.42. The van der Waals surface area contributed by atoms with Gasteiger partial charge in [0.1, 0.15) is 0 Å². The highest BCUT2D eigenvalue weighted by Gasteiger charge is 2.45. The molecule has 0 amide bonds. The third kappa shape index (κ3) is 2.49. The first kappa shape index (κ1) is 15.1. The molecule has 0 radical (unpaired) electrons. The van der Waals surface area contributed by atoms with E-state index in [4.69, 9.17) is 4.98 Å². The van der Waals surface area contributed by atoms with Gasteiger partial charge in [-0.25, -0.2) is 4.98 Å².